The summed E-state index contributed by atoms with van der Waals surface area (Å²) in [6, 6.07) is 13.4. The topological polar surface area (TPSA) is 47.2 Å². The molecule has 1 aromatic carbocycles. The summed E-state index contributed by atoms with van der Waals surface area (Å²) in [6.45, 7) is 3.95. The van der Waals surface area contributed by atoms with E-state index in [9.17, 15) is 0 Å². The predicted octanol–water partition coefficient (Wildman–Crippen LogP) is 3.58. The van der Waals surface area contributed by atoms with Gasteiger partial charge in [-0.1, -0.05) is 30.4 Å². The van der Waals surface area contributed by atoms with Crippen LogP contribution in [-0.2, 0) is 19.6 Å². The molecule has 0 spiro atoms. The van der Waals surface area contributed by atoms with Gasteiger partial charge in [0.2, 0.25) is 5.13 Å². The highest BCUT2D eigenvalue weighted by molar-refractivity contribution is 7.73. The summed E-state index contributed by atoms with van der Waals surface area (Å²) in [6.07, 6.45) is 7.34. The lowest BCUT2D eigenvalue weighted by atomic mass is 10.1. The van der Waals surface area contributed by atoms with E-state index in [-0.39, 0.29) is 0 Å². The molecule has 2 heterocycles. The Hall–Kier alpha value is -2.09. The average Bonchev–Trinajstić information content (AvgIpc) is 3.48. The van der Waals surface area contributed by atoms with Gasteiger partial charge in [0.15, 0.2) is 10.6 Å². The number of nitrogens with zero attached hydrogens (tertiary/aromatic N) is 3. The van der Waals surface area contributed by atoms with Gasteiger partial charge < -0.3 is 10.2 Å². The van der Waals surface area contributed by atoms with Crippen LogP contribution in [0.3, 0.4) is 0 Å². The molecule has 1 unspecified atom stereocenters. The van der Waals surface area contributed by atoms with Crippen molar-refractivity contribution in [2.75, 3.05) is 5.32 Å². The summed E-state index contributed by atoms with van der Waals surface area (Å²) in [5, 5.41) is 8.96. The molecular formula is C20H24N5S2+. The highest BCUT2D eigenvalue weighted by Crippen LogP contribution is 2.21. The fourth-order valence-corrected chi connectivity index (χ4v) is 4.21. The van der Waals surface area contributed by atoms with Crippen LogP contribution in [0.2, 0.25) is 0 Å². The van der Waals surface area contributed by atoms with Gasteiger partial charge in [-0.05, 0) is 48.5 Å². The van der Waals surface area contributed by atoms with Gasteiger partial charge in [-0.25, -0.2) is 0 Å². The van der Waals surface area contributed by atoms with Gasteiger partial charge in [-0.3, -0.25) is 4.98 Å². The molecule has 1 saturated carbocycles. The molecule has 0 amide bonds. The molecular weight excluding hydrogens is 374 g/mol. The molecule has 4 rings (SSSR count). The standard InChI is InChI=1S/C20H23N5S2/c1-2-15-3-5-17(6-4-15)22-19-23-25(20(26)27-19)14-24(18-7-8-18)13-16-9-11-21-12-10-16/h3-6,9-12,18H,2,7-8,13-14H2,1H3,(H,22,23)/p+1. The summed E-state index contributed by atoms with van der Waals surface area (Å²) in [5.41, 5.74) is 3.69. The van der Waals surface area contributed by atoms with Gasteiger partial charge in [-0.2, -0.15) is 4.68 Å². The normalized spacial score (nSPS) is 14.9. The van der Waals surface area contributed by atoms with Crippen LogP contribution < -0.4 is 10.2 Å². The molecule has 1 aliphatic rings. The van der Waals surface area contributed by atoms with E-state index >= 15 is 0 Å². The molecule has 3 aromatic rings. The van der Waals surface area contributed by atoms with Gasteiger partial charge in [0.1, 0.15) is 6.54 Å². The van der Waals surface area contributed by atoms with Crippen LogP contribution in [0.1, 0.15) is 30.9 Å². The Kier molecular flexibility index (Phi) is 5.61. The summed E-state index contributed by atoms with van der Waals surface area (Å²) < 4.78 is 2.79. The highest BCUT2D eigenvalue weighted by atomic mass is 32.1. The molecule has 0 bridgehead atoms. The monoisotopic (exact) mass is 398 g/mol. The Bertz CT molecular complexity index is 929. The quantitative estimate of drug-likeness (QED) is 0.570. The number of hydrogen-bond donors (Lipinski definition) is 2. The number of rotatable bonds is 8. The van der Waals surface area contributed by atoms with E-state index in [2.05, 4.69) is 53.6 Å². The molecule has 2 N–H and O–H groups in total. The molecule has 2 aromatic heterocycles. The van der Waals surface area contributed by atoms with Crippen LogP contribution in [0, 0.1) is 3.95 Å². The van der Waals surface area contributed by atoms with Crippen molar-refractivity contribution in [1.82, 2.24) is 14.8 Å². The zero-order chi connectivity index (χ0) is 18.6. The lowest BCUT2D eigenvalue weighted by Crippen LogP contribution is -3.11. The van der Waals surface area contributed by atoms with E-state index in [0.717, 1.165) is 34.4 Å². The van der Waals surface area contributed by atoms with Crippen molar-refractivity contribution in [3.63, 3.8) is 0 Å². The summed E-state index contributed by atoms with van der Waals surface area (Å²) in [5.74, 6) is 0. The second kappa shape index (κ2) is 8.29. The number of nitrogens with one attached hydrogen (secondary N) is 2. The fraction of sp³-hybridized carbons (Fsp3) is 0.350. The number of anilines is 2. The molecule has 1 aliphatic carbocycles. The molecule has 140 valence electrons. The van der Waals surface area contributed by atoms with Gasteiger partial charge in [0.05, 0.1) is 6.04 Å². The van der Waals surface area contributed by atoms with Gasteiger partial charge in [0, 0.05) is 36.5 Å². The minimum absolute atomic E-state index is 0.708. The van der Waals surface area contributed by atoms with Gasteiger partial charge in [0.25, 0.3) is 0 Å². The maximum Gasteiger partial charge on any atom is 0.209 e. The molecule has 5 nitrogen and oxygen atoms in total. The smallest absolute Gasteiger partial charge is 0.209 e. The number of benzene rings is 1. The molecule has 0 radical (unpaired) electrons. The molecule has 0 aliphatic heterocycles. The van der Waals surface area contributed by atoms with E-state index in [0.29, 0.717) is 6.04 Å². The van der Waals surface area contributed by atoms with E-state index in [4.69, 9.17) is 17.3 Å². The number of aryl methyl sites for hydroxylation is 1. The SMILES string of the molecule is CCc1ccc(Nc2nn(C[NH+](Cc3ccncc3)C3CC3)c(=S)s2)cc1. The van der Waals surface area contributed by atoms with Crippen molar-refractivity contribution in [1.29, 1.82) is 0 Å². The van der Waals surface area contributed by atoms with Crippen LogP contribution in [0.5, 0.6) is 0 Å². The Morgan fingerprint density at radius 1 is 1.15 bits per heavy atom. The minimum Gasteiger partial charge on any atom is -0.330 e. The predicted molar refractivity (Wildman–Crippen MR) is 112 cm³/mol. The van der Waals surface area contributed by atoms with Crippen molar-refractivity contribution in [2.24, 2.45) is 0 Å². The minimum atomic E-state index is 0.708. The second-order valence-corrected chi connectivity index (χ2v) is 8.59. The first-order chi connectivity index (χ1) is 13.2. The first-order valence-corrected chi connectivity index (χ1v) is 10.6. The zero-order valence-corrected chi connectivity index (χ0v) is 17.0. The van der Waals surface area contributed by atoms with Crippen molar-refractivity contribution in [2.45, 2.75) is 45.4 Å². The largest absolute Gasteiger partial charge is 0.330 e. The molecule has 7 heteroatoms. The number of pyridine rings is 1. The van der Waals surface area contributed by atoms with E-state index in [1.165, 1.54) is 40.2 Å². The molecule has 1 fully saturated rings. The van der Waals surface area contributed by atoms with Crippen LogP contribution in [0.25, 0.3) is 0 Å². The Morgan fingerprint density at radius 2 is 1.89 bits per heavy atom. The molecule has 27 heavy (non-hydrogen) atoms. The maximum atomic E-state index is 5.57. The number of aromatic nitrogens is 3. The summed E-state index contributed by atoms with van der Waals surface area (Å²) in [7, 11) is 0. The third-order valence-electron chi connectivity index (χ3n) is 4.91. The first-order valence-electron chi connectivity index (χ1n) is 9.38. The zero-order valence-electron chi connectivity index (χ0n) is 15.4. The lowest BCUT2D eigenvalue weighted by molar-refractivity contribution is -0.947. The average molecular weight is 399 g/mol. The summed E-state index contributed by atoms with van der Waals surface area (Å²) >= 11 is 7.11. The number of hydrogen-bond acceptors (Lipinski definition) is 5. The Labute approximate surface area is 168 Å². The van der Waals surface area contributed by atoms with Crippen molar-refractivity contribution >= 4 is 34.4 Å². The van der Waals surface area contributed by atoms with E-state index in [1.807, 2.05) is 17.1 Å². The maximum absolute atomic E-state index is 5.57. The highest BCUT2D eigenvalue weighted by Gasteiger charge is 2.33. The summed E-state index contributed by atoms with van der Waals surface area (Å²) in [4.78, 5) is 5.63. The third kappa shape index (κ3) is 4.80. The Balaban J connectivity index is 1.46. The van der Waals surface area contributed by atoms with Crippen molar-refractivity contribution < 1.29 is 4.90 Å². The van der Waals surface area contributed by atoms with Crippen LogP contribution in [0.4, 0.5) is 10.8 Å². The fourth-order valence-electron chi connectivity index (χ4n) is 3.18. The van der Waals surface area contributed by atoms with Crippen LogP contribution in [0.15, 0.2) is 48.8 Å². The van der Waals surface area contributed by atoms with Gasteiger partial charge in [-0.15, -0.1) is 5.10 Å². The number of quaternary nitrogens is 1. The van der Waals surface area contributed by atoms with Crippen molar-refractivity contribution in [3.05, 3.63) is 63.9 Å². The van der Waals surface area contributed by atoms with E-state index < -0.39 is 0 Å². The third-order valence-corrected chi connectivity index (χ3v) is 6.13. The van der Waals surface area contributed by atoms with Crippen molar-refractivity contribution in [3.8, 4) is 0 Å². The molecule has 1 atom stereocenters. The van der Waals surface area contributed by atoms with E-state index in [1.54, 1.807) is 0 Å². The second-order valence-electron chi connectivity index (χ2n) is 6.97. The first kappa shape index (κ1) is 18.3. The van der Waals surface area contributed by atoms with Crippen LogP contribution in [-0.4, -0.2) is 20.8 Å². The lowest BCUT2D eigenvalue weighted by Gasteiger charge is -2.18. The van der Waals surface area contributed by atoms with Gasteiger partial charge >= 0.3 is 0 Å². The van der Waals surface area contributed by atoms with Crippen LogP contribution >= 0.6 is 23.6 Å². The Morgan fingerprint density at radius 3 is 2.56 bits per heavy atom. The molecule has 0 saturated heterocycles.